The summed E-state index contributed by atoms with van der Waals surface area (Å²) >= 11 is 0. The Balaban J connectivity index is 1.56. The number of alkyl carbamates (subject to hydrolysis) is 1. The maximum Gasteiger partial charge on any atom is 0.407 e. The Labute approximate surface area is 175 Å². The maximum absolute atomic E-state index is 12.2. The Bertz CT molecular complexity index is 897. The number of hydrogen-bond donors (Lipinski definition) is 3. The van der Waals surface area contributed by atoms with Gasteiger partial charge in [-0.25, -0.2) is 4.79 Å². The van der Waals surface area contributed by atoms with Crippen molar-refractivity contribution in [3.63, 3.8) is 0 Å². The summed E-state index contributed by atoms with van der Waals surface area (Å²) in [4.78, 5) is 35.3. The number of benzene rings is 2. The summed E-state index contributed by atoms with van der Waals surface area (Å²) in [6.45, 7) is 3.46. The van der Waals surface area contributed by atoms with E-state index in [9.17, 15) is 14.4 Å². The molecule has 0 fully saturated rings. The first kappa shape index (κ1) is 21.4. The van der Waals surface area contributed by atoms with Gasteiger partial charge in [0, 0.05) is 12.5 Å². The highest BCUT2D eigenvalue weighted by Gasteiger charge is 2.29. The fourth-order valence-corrected chi connectivity index (χ4v) is 3.67. The van der Waals surface area contributed by atoms with Crippen molar-refractivity contribution in [2.45, 2.75) is 32.2 Å². The third-order valence-corrected chi connectivity index (χ3v) is 5.43. The summed E-state index contributed by atoms with van der Waals surface area (Å²) < 4.78 is 5.46. The summed E-state index contributed by atoms with van der Waals surface area (Å²) in [6.07, 6.45) is -0.142. The number of carboxylic acid groups (broad SMARTS) is 1. The first-order valence-corrected chi connectivity index (χ1v) is 10.0. The highest BCUT2D eigenvalue weighted by molar-refractivity contribution is 5.85. The van der Waals surface area contributed by atoms with E-state index < -0.39 is 29.9 Å². The molecule has 158 valence electrons. The molecule has 7 nitrogen and oxygen atoms in total. The summed E-state index contributed by atoms with van der Waals surface area (Å²) in [7, 11) is 0. The molecule has 0 saturated carbocycles. The van der Waals surface area contributed by atoms with Crippen LogP contribution < -0.4 is 10.6 Å². The normalized spacial score (nSPS) is 14.2. The molecule has 0 saturated heterocycles. The number of fused-ring (bicyclic) bond motifs is 3. The monoisotopic (exact) mass is 410 g/mol. The Kier molecular flexibility index (Phi) is 6.72. The lowest BCUT2D eigenvalue weighted by Crippen LogP contribution is -2.44. The van der Waals surface area contributed by atoms with Gasteiger partial charge in [0.05, 0.1) is 5.92 Å². The molecule has 2 aromatic rings. The number of amides is 2. The van der Waals surface area contributed by atoms with E-state index in [1.54, 1.807) is 6.92 Å². The minimum atomic E-state index is -1.11. The second-order valence-electron chi connectivity index (χ2n) is 7.38. The molecule has 3 rings (SSSR count). The number of carboxylic acids is 1. The van der Waals surface area contributed by atoms with Gasteiger partial charge in [-0.2, -0.15) is 0 Å². The van der Waals surface area contributed by atoms with Gasteiger partial charge in [0.1, 0.15) is 12.6 Å². The standard InChI is InChI=1S/C23H26N2O5/c1-3-15(21(26)25-14(2)22(27)28)12-24-23(29)30-13-20-18-10-6-4-8-16(18)17-9-5-7-11-19(17)20/h4-11,14-15,20H,3,12-13H2,1-2H3,(H,24,29)(H,25,26)(H,27,28)/t14-,15?/m1/s1. The van der Waals surface area contributed by atoms with Crippen LogP contribution in [0.1, 0.15) is 37.3 Å². The molecule has 2 aromatic carbocycles. The van der Waals surface area contributed by atoms with Crippen LogP contribution in [0.3, 0.4) is 0 Å². The first-order valence-electron chi connectivity index (χ1n) is 10.0. The van der Waals surface area contributed by atoms with Gasteiger partial charge < -0.3 is 20.5 Å². The Morgan fingerprint density at radius 2 is 1.60 bits per heavy atom. The molecule has 2 atom stereocenters. The number of rotatable bonds is 8. The van der Waals surface area contributed by atoms with Gasteiger partial charge in [0.15, 0.2) is 0 Å². The molecule has 0 spiro atoms. The van der Waals surface area contributed by atoms with E-state index in [2.05, 4.69) is 22.8 Å². The highest BCUT2D eigenvalue weighted by Crippen LogP contribution is 2.44. The zero-order valence-electron chi connectivity index (χ0n) is 17.1. The summed E-state index contributed by atoms with van der Waals surface area (Å²) in [5, 5.41) is 14.0. The zero-order chi connectivity index (χ0) is 21.7. The van der Waals surface area contributed by atoms with Gasteiger partial charge in [0.25, 0.3) is 0 Å². The maximum atomic E-state index is 12.2. The molecular formula is C23H26N2O5. The SMILES string of the molecule is CCC(CNC(=O)OCC1c2ccccc2-c2ccccc21)C(=O)N[C@H](C)C(=O)O. The molecular weight excluding hydrogens is 384 g/mol. The fraction of sp³-hybridized carbons (Fsp3) is 0.348. The van der Waals surface area contributed by atoms with Crippen LogP contribution in [0.5, 0.6) is 0 Å². The van der Waals surface area contributed by atoms with Crippen molar-refractivity contribution in [1.29, 1.82) is 0 Å². The van der Waals surface area contributed by atoms with Crippen LogP contribution in [0.4, 0.5) is 4.79 Å². The van der Waals surface area contributed by atoms with Gasteiger partial charge in [-0.1, -0.05) is 55.5 Å². The average molecular weight is 410 g/mol. The van der Waals surface area contributed by atoms with E-state index in [4.69, 9.17) is 9.84 Å². The second kappa shape index (κ2) is 9.43. The minimum absolute atomic E-state index is 0.0372. The molecule has 30 heavy (non-hydrogen) atoms. The second-order valence-corrected chi connectivity index (χ2v) is 7.38. The van der Waals surface area contributed by atoms with Gasteiger partial charge in [-0.3, -0.25) is 9.59 Å². The predicted molar refractivity (Wildman–Crippen MR) is 112 cm³/mol. The molecule has 2 amide bonds. The number of hydrogen-bond acceptors (Lipinski definition) is 4. The van der Waals surface area contributed by atoms with Crippen LogP contribution in [-0.4, -0.2) is 42.3 Å². The molecule has 0 aromatic heterocycles. The largest absolute Gasteiger partial charge is 0.480 e. The quantitative estimate of drug-likeness (QED) is 0.620. The van der Waals surface area contributed by atoms with Crippen molar-refractivity contribution in [2.24, 2.45) is 5.92 Å². The van der Waals surface area contributed by atoms with Crippen LogP contribution in [0.25, 0.3) is 11.1 Å². The summed E-state index contributed by atoms with van der Waals surface area (Å²) in [5.41, 5.74) is 4.55. The lowest BCUT2D eigenvalue weighted by Gasteiger charge is -2.18. The van der Waals surface area contributed by atoms with Crippen molar-refractivity contribution in [2.75, 3.05) is 13.2 Å². The Hall–Kier alpha value is -3.35. The molecule has 1 aliphatic carbocycles. The van der Waals surface area contributed by atoms with E-state index in [0.29, 0.717) is 6.42 Å². The fourth-order valence-electron chi connectivity index (χ4n) is 3.67. The first-order chi connectivity index (χ1) is 14.4. The summed E-state index contributed by atoms with van der Waals surface area (Å²) in [6, 6.07) is 15.2. The Morgan fingerprint density at radius 3 is 2.13 bits per heavy atom. The molecule has 1 aliphatic rings. The zero-order valence-corrected chi connectivity index (χ0v) is 17.1. The topological polar surface area (TPSA) is 105 Å². The minimum Gasteiger partial charge on any atom is -0.480 e. The van der Waals surface area contributed by atoms with E-state index in [0.717, 1.165) is 22.3 Å². The van der Waals surface area contributed by atoms with Gasteiger partial charge in [0.2, 0.25) is 5.91 Å². The molecule has 0 heterocycles. The lowest BCUT2D eigenvalue weighted by atomic mass is 9.98. The average Bonchev–Trinajstić information content (AvgIpc) is 3.06. The molecule has 0 aliphatic heterocycles. The van der Waals surface area contributed by atoms with Crippen LogP contribution in [-0.2, 0) is 14.3 Å². The van der Waals surface area contributed by atoms with Gasteiger partial charge in [-0.15, -0.1) is 0 Å². The molecule has 0 bridgehead atoms. The lowest BCUT2D eigenvalue weighted by molar-refractivity contribution is -0.141. The van der Waals surface area contributed by atoms with Crippen molar-refractivity contribution in [3.8, 4) is 11.1 Å². The third kappa shape index (κ3) is 4.62. The van der Waals surface area contributed by atoms with Crippen LogP contribution in [0.15, 0.2) is 48.5 Å². The predicted octanol–water partition coefficient (Wildman–Crippen LogP) is 3.14. The Morgan fingerprint density at radius 1 is 1.03 bits per heavy atom. The summed E-state index contributed by atoms with van der Waals surface area (Å²) in [5.74, 6) is -2.09. The molecule has 7 heteroatoms. The number of ether oxygens (including phenoxy) is 1. The third-order valence-electron chi connectivity index (χ3n) is 5.43. The van der Waals surface area contributed by atoms with E-state index in [-0.39, 0.29) is 19.1 Å². The van der Waals surface area contributed by atoms with Crippen molar-refractivity contribution in [3.05, 3.63) is 59.7 Å². The van der Waals surface area contributed by atoms with E-state index >= 15 is 0 Å². The van der Waals surface area contributed by atoms with Crippen molar-refractivity contribution in [1.82, 2.24) is 10.6 Å². The molecule has 0 radical (unpaired) electrons. The molecule has 1 unspecified atom stereocenters. The van der Waals surface area contributed by atoms with Crippen molar-refractivity contribution >= 4 is 18.0 Å². The van der Waals surface area contributed by atoms with Crippen LogP contribution in [0, 0.1) is 5.92 Å². The molecule has 3 N–H and O–H groups in total. The van der Waals surface area contributed by atoms with Crippen LogP contribution in [0.2, 0.25) is 0 Å². The highest BCUT2D eigenvalue weighted by atomic mass is 16.5. The number of aliphatic carboxylic acids is 1. The number of carbonyl (C=O) groups excluding carboxylic acids is 2. The van der Waals surface area contributed by atoms with Crippen molar-refractivity contribution < 1.29 is 24.2 Å². The van der Waals surface area contributed by atoms with E-state index in [1.165, 1.54) is 6.92 Å². The smallest absolute Gasteiger partial charge is 0.407 e. The van der Waals surface area contributed by atoms with E-state index in [1.807, 2.05) is 36.4 Å². The van der Waals surface area contributed by atoms with Crippen LogP contribution >= 0.6 is 0 Å². The number of nitrogens with one attached hydrogen (secondary N) is 2. The van der Waals surface area contributed by atoms with Gasteiger partial charge in [-0.05, 0) is 35.6 Å². The number of carbonyl (C=O) groups is 3. The van der Waals surface area contributed by atoms with Gasteiger partial charge >= 0.3 is 12.1 Å².